The van der Waals surface area contributed by atoms with Gasteiger partial charge in [-0.15, -0.1) is 12.8 Å². The van der Waals surface area contributed by atoms with Gasteiger partial charge in [0.1, 0.15) is 0 Å². The van der Waals surface area contributed by atoms with E-state index in [0.29, 0.717) is 0 Å². The molecule has 230 valence electrons. The highest BCUT2D eigenvalue weighted by molar-refractivity contribution is 5.86. The lowest BCUT2D eigenvalue weighted by Gasteiger charge is -2.33. The lowest BCUT2D eigenvalue weighted by atomic mass is 9.70. The molecule has 0 nitrogen and oxygen atoms in total. The molecule has 0 heterocycles. The van der Waals surface area contributed by atoms with E-state index in [4.69, 9.17) is 12.8 Å². The standard InChI is InChI=1S/C45H50/c1-5-9-11-13-15-17-31-45(32-18-16-14-12-10-6-2)43-33-39(37-23-19-35(7-3)20-24-37)27-29-41(43)42-30-28-40(34-44(42)45)38-25-21-36(8-4)22-26-38/h3-4,19-30,33-34H,5-6,9-18,31-32H2,1-2H3. The van der Waals surface area contributed by atoms with Gasteiger partial charge < -0.3 is 0 Å². The van der Waals surface area contributed by atoms with Gasteiger partial charge in [-0.05, 0) is 93.7 Å². The predicted molar refractivity (Wildman–Crippen MR) is 195 cm³/mol. The monoisotopic (exact) mass is 590 g/mol. The molecule has 0 atom stereocenters. The van der Waals surface area contributed by atoms with Gasteiger partial charge in [0.15, 0.2) is 0 Å². The molecule has 0 bridgehead atoms. The second-order valence-electron chi connectivity index (χ2n) is 13.1. The summed E-state index contributed by atoms with van der Waals surface area (Å²) in [5, 5.41) is 0. The lowest BCUT2D eigenvalue weighted by molar-refractivity contribution is 0.398. The Kier molecular flexibility index (Phi) is 11.4. The number of rotatable bonds is 16. The zero-order valence-electron chi connectivity index (χ0n) is 27.6. The van der Waals surface area contributed by atoms with Gasteiger partial charge in [-0.1, -0.05) is 151 Å². The SMILES string of the molecule is C#Cc1ccc(-c2ccc3c(c2)C(CCCCCCCC)(CCCCCCCC)c2cc(-c4ccc(C#C)cc4)ccc2-3)cc1. The van der Waals surface area contributed by atoms with Crippen molar-refractivity contribution in [3.63, 3.8) is 0 Å². The van der Waals surface area contributed by atoms with Crippen LogP contribution in [0.3, 0.4) is 0 Å². The Hall–Kier alpha value is -4.00. The van der Waals surface area contributed by atoms with Crippen LogP contribution in [0.15, 0.2) is 84.9 Å². The highest BCUT2D eigenvalue weighted by atomic mass is 14.5. The lowest BCUT2D eigenvalue weighted by Crippen LogP contribution is -2.25. The Morgan fingerprint density at radius 2 is 0.800 bits per heavy atom. The second-order valence-corrected chi connectivity index (χ2v) is 13.1. The summed E-state index contributed by atoms with van der Waals surface area (Å²) in [6.07, 6.45) is 29.5. The van der Waals surface area contributed by atoms with Gasteiger partial charge in [0.05, 0.1) is 0 Å². The van der Waals surface area contributed by atoms with Crippen LogP contribution < -0.4 is 0 Å². The first-order chi connectivity index (χ1) is 22.1. The highest BCUT2D eigenvalue weighted by Crippen LogP contribution is 2.55. The summed E-state index contributed by atoms with van der Waals surface area (Å²) in [5.74, 6) is 5.54. The maximum Gasteiger partial charge on any atom is 0.0243 e. The van der Waals surface area contributed by atoms with Gasteiger partial charge in [0.2, 0.25) is 0 Å². The van der Waals surface area contributed by atoms with Gasteiger partial charge in [-0.3, -0.25) is 0 Å². The maximum absolute atomic E-state index is 5.68. The molecule has 0 N–H and O–H groups in total. The molecule has 0 saturated heterocycles. The Morgan fingerprint density at radius 1 is 0.444 bits per heavy atom. The van der Waals surface area contributed by atoms with E-state index in [-0.39, 0.29) is 5.41 Å². The van der Waals surface area contributed by atoms with E-state index >= 15 is 0 Å². The first kappa shape index (κ1) is 32.4. The van der Waals surface area contributed by atoms with Crippen molar-refractivity contribution in [3.8, 4) is 58.1 Å². The summed E-state index contributed by atoms with van der Waals surface area (Å²) in [6.45, 7) is 4.61. The summed E-state index contributed by atoms with van der Waals surface area (Å²) in [6, 6.07) is 31.4. The predicted octanol–water partition coefficient (Wildman–Crippen LogP) is 12.8. The molecule has 5 rings (SSSR count). The first-order valence-electron chi connectivity index (χ1n) is 17.6. The summed E-state index contributed by atoms with van der Waals surface area (Å²) >= 11 is 0. The Morgan fingerprint density at radius 3 is 1.18 bits per heavy atom. The zero-order valence-corrected chi connectivity index (χ0v) is 27.6. The molecule has 0 aromatic heterocycles. The second kappa shape index (κ2) is 15.8. The molecule has 1 aliphatic carbocycles. The Labute approximate surface area is 273 Å². The summed E-state index contributed by atoms with van der Waals surface area (Å²) in [5.41, 5.74) is 12.8. The largest absolute Gasteiger partial charge is 0.115 e. The van der Waals surface area contributed by atoms with Crippen LogP contribution >= 0.6 is 0 Å². The third-order valence-corrected chi connectivity index (χ3v) is 10.0. The quantitative estimate of drug-likeness (QED) is 0.0899. The normalized spacial score (nSPS) is 12.7. The van der Waals surface area contributed by atoms with Gasteiger partial charge in [-0.2, -0.15) is 0 Å². The molecular weight excluding hydrogens is 540 g/mol. The van der Waals surface area contributed by atoms with Gasteiger partial charge in [0, 0.05) is 16.5 Å². The number of terminal acetylenes is 2. The van der Waals surface area contributed by atoms with Crippen LogP contribution in [0, 0.1) is 24.7 Å². The zero-order chi connectivity index (χ0) is 31.5. The van der Waals surface area contributed by atoms with Crippen LogP contribution in [0.25, 0.3) is 33.4 Å². The minimum absolute atomic E-state index is 0.0176. The number of hydrogen-bond donors (Lipinski definition) is 0. The third kappa shape index (κ3) is 7.46. The van der Waals surface area contributed by atoms with Crippen molar-refractivity contribution in [1.82, 2.24) is 0 Å². The minimum atomic E-state index is 0.0176. The van der Waals surface area contributed by atoms with Crippen molar-refractivity contribution in [2.75, 3.05) is 0 Å². The van der Waals surface area contributed by atoms with E-state index in [1.54, 1.807) is 0 Å². The number of hydrogen-bond acceptors (Lipinski definition) is 0. The van der Waals surface area contributed by atoms with Crippen molar-refractivity contribution in [2.24, 2.45) is 0 Å². The molecule has 0 amide bonds. The molecule has 45 heavy (non-hydrogen) atoms. The van der Waals surface area contributed by atoms with E-state index in [1.807, 2.05) is 0 Å². The molecule has 0 aliphatic heterocycles. The van der Waals surface area contributed by atoms with Crippen LogP contribution in [0.5, 0.6) is 0 Å². The van der Waals surface area contributed by atoms with Crippen LogP contribution in [0.4, 0.5) is 0 Å². The summed E-state index contributed by atoms with van der Waals surface area (Å²) in [4.78, 5) is 0. The fourth-order valence-corrected chi connectivity index (χ4v) is 7.45. The van der Waals surface area contributed by atoms with E-state index in [2.05, 4.69) is 111 Å². The average Bonchev–Trinajstić information content (AvgIpc) is 3.36. The molecule has 0 heteroatoms. The van der Waals surface area contributed by atoms with Gasteiger partial charge >= 0.3 is 0 Å². The van der Waals surface area contributed by atoms with E-state index in [9.17, 15) is 0 Å². The van der Waals surface area contributed by atoms with Crippen molar-refractivity contribution in [1.29, 1.82) is 0 Å². The molecule has 0 fully saturated rings. The van der Waals surface area contributed by atoms with Crippen LogP contribution in [-0.2, 0) is 5.41 Å². The van der Waals surface area contributed by atoms with E-state index in [0.717, 1.165) is 11.1 Å². The summed E-state index contributed by atoms with van der Waals surface area (Å²) < 4.78 is 0. The molecule has 0 radical (unpaired) electrons. The van der Waals surface area contributed by atoms with E-state index < -0.39 is 0 Å². The van der Waals surface area contributed by atoms with Crippen molar-refractivity contribution in [3.05, 3.63) is 107 Å². The molecule has 1 aliphatic rings. The van der Waals surface area contributed by atoms with Crippen LogP contribution in [0.2, 0.25) is 0 Å². The molecular formula is C45H50. The fourth-order valence-electron chi connectivity index (χ4n) is 7.45. The van der Waals surface area contributed by atoms with Crippen LogP contribution in [-0.4, -0.2) is 0 Å². The fraction of sp³-hybridized carbons (Fsp3) is 0.378. The number of unbranched alkanes of at least 4 members (excludes halogenated alkanes) is 10. The molecule has 0 unspecified atom stereocenters. The van der Waals surface area contributed by atoms with Gasteiger partial charge in [0.25, 0.3) is 0 Å². The van der Waals surface area contributed by atoms with Crippen LogP contribution in [0.1, 0.15) is 126 Å². The number of fused-ring (bicyclic) bond motifs is 3. The number of benzene rings is 4. The molecule has 4 aromatic rings. The van der Waals surface area contributed by atoms with E-state index in [1.165, 1.54) is 134 Å². The molecule has 0 spiro atoms. The topological polar surface area (TPSA) is 0 Å². The smallest absolute Gasteiger partial charge is 0.0243 e. The molecule has 4 aromatic carbocycles. The summed E-state index contributed by atoms with van der Waals surface area (Å²) in [7, 11) is 0. The minimum Gasteiger partial charge on any atom is -0.115 e. The Bertz CT molecular complexity index is 1490. The third-order valence-electron chi connectivity index (χ3n) is 10.0. The highest BCUT2D eigenvalue weighted by Gasteiger charge is 2.42. The molecule has 0 saturated carbocycles. The van der Waals surface area contributed by atoms with Crippen molar-refractivity contribution < 1.29 is 0 Å². The Balaban J connectivity index is 1.57. The average molecular weight is 591 g/mol. The maximum atomic E-state index is 5.68. The van der Waals surface area contributed by atoms with Crippen molar-refractivity contribution >= 4 is 0 Å². The van der Waals surface area contributed by atoms with Crippen molar-refractivity contribution in [2.45, 2.75) is 109 Å². The van der Waals surface area contributed by atoms with Gasteiger partial charge in [-0.25, -0.2) is 0 Å². The first-order valence-corrected chi connectivity index (χ1v) is 17.6.